The summed E-state index contributed by atoms with van der Waals surface area (Å²) in [6, 6.07) is 1.82. The van der Waals surface area contributed by atoms with Crippen molar-refractivity contribution >= 4 is 27.7 Å². The standard InChI is InChI=1S/C12H19BrN4O/c1-4-6-10-15-9(13)7-11(16-10)17(3)8-12(18)14-5-2/h7H,4-6,8H2,1-3H3,(H,14,18). The SMILES string of the molecule is CCCc1nc(Br)cc(N(C)CC(=O)NCC)n1. The van der Waals surface area contributed by atoms with Gasteiger partial charge in [0.1, 0.15) is 16.2 Å². The van der Waals surface area contributed by atoms with Crippen LogP contribution in [0.3, 0.4) is 0 Å². The first-order valence-corrected chi connectivity index (χ1v) is 6.87. The molecule has 0 aliphatic carbocycles. The molecule has 0 aliphatic heterocycles. The van der Waals surface area contributed by atoms with E-state index in [-0.39, 0.29) is 5.91 Å². The second-order valence-corrected chi connectivity index (χ2v) is 4.84. The number of carbonyl (C=O) groups is 1. The highest BCUT2D eigenvalue weighted by molar-refractivity contribution is 9.10. The number of rotatable bonds is 6. The van der Waals surface area contributed by atoms with Crippen LogP contribution in [0, 0.1) is 0 Å². The average Bonchev–Trinajstić information content (AvgIpc) is 2.28. The number of nitrogens with one attached hydrogen (secondary N) is 1. The summed E-state index contributed by atoms with van der Waals surface area (Å²) in [6.07, 6.45) is 1.83. The van der Waals surface area contributed by atoms with E-state index in [1.165, 1.54) is 0 Å². The lowest BCUT2D eigenvalue weighted by molar-refractivity contribution is -0.119. The van der Waals surface area contributed by atoms with E-state index in [0.29, 0.717) is 13.1 Å². The molecule has 1 aromatic heterocycles. The third-order valence-electron chi connectivity index (χ3n) is 2.35. The van der Waals surface area contributed by atoms with Crippen LogP contribution in [0.5, 0.6) is 0 Å². The van der Waals surface area contributed by atoms with Crippen molar-refractivity contribution in [3.05, 3.63) is 16.5 Å². The number of aromatic nitrogens is 2. The molecule has 1 amide bonds. The van der Waals surface area contributed by atoms with Gasteiger partial charge in [0.15, 0.2) is 0 Å². The van der Waals surface area contributed by atoms with Gasteiger partial charge in [0.2, 0.25) is 5.91 Å². The van der Waals surface area contributed by atoms with E-state index >= 15 is 0 Å². The predicted molar refractivity (Wildman–Crippen MR) is 75.7 cm³/mol. The van der Waals surface area contributed by atoms with Crippen molar-refractivity contribution < 1.29 is 4.79 Å². The molecule has 1 N–H and O–H groups in total. The van der Waals surface area contributed by atoms with Crippen LogP contribution in [0.2, 0.25) is 0 Å². The fourth-order valence-corrected chi connectivity index (χ4v) is 1.94. The second-order valence-electron chi connectivity index (χ2n) is 4.02. The van der Waals surface area contributed by atoms with Crippen molar-refractivity contribution in [1.82, 2.24) is 15.3 Å². The van der Waals surface area contributed by atoms with Crippen LogP contribution in [0.25, 0.3) is 0 Å². The number of aryl methyl sites for hydroxylation is 1. The Morgan fingerprint density at radius 3 is 2.78 bits per heavy atom. The smallest absolute Gasteiger partial charge is 0.239 e. The molecule has 1 heterocycles. The Labute approximate surface area is 116 Å². The van der Waals surface area contributed by atoms with Crippen molar-refractivity contribution in [2.24, 2.45) is 0 Å². The number of hydrogen-bond donors (Lipinski definition) is 1. The molecule has 1 rings (SSSR count). The van der Waals surface area contributed by atoms with Crippen molar-refractivity contribution in [3.63, 3.8) is 0 Å². The Kier molecular flexibility index (Phi) is 6.04. The molecule has 18 heavy (non-hydrogen) atoms. The summed E-state index contributed by atoms with van der Waals surface area (Å²) < 4.78 is 0.749. The van der Waals surface area contributed by atoms with Crippen LogP contribution < -0.4 is 10.2 Å². The summed E-state index contributed by atoms with van der Waals surface area (Å²) in [5.41, 5.74) is 0. The Hall–Kier alpha value is -1.17. The molecule has 0 bridgehead atoms. The molecular weight excluding hydrogens is 296 g/mol. The van der Waals surface area contributed by atoms with Gasteiger partial charge in [0.25, 0.3) is 0 Å². The molecule has 0 spiro atoms. The first kappa shape index (κ1) is 14.9. The molecule has 0 saturated heterocycles. The van der Waals surface area contributed by atoms with Crippen LogP contribution in [-0.2, 0) is 11.2 Å². The maximum absolute atomic E-state index is 11.5. The molecule has 0 unspecified atom stereocenters. The number of nitrogens with zero attached hydrogens (tertiary/aromatic N) is 3. The summed E-state index contributed by atoms with van der Waals surface area (Å²) in [5.74, 6) is 1.54. The molecule has 0 atom stereocenters. The predicted octanol–water partition coefficient (Wildman–Crippen LogP) is 1.76. The number of carbonyl (C=O) groups excluding carboxylic acids is 1. The van der Waals surface area contributed by atoms with Crippen LogP contribution in [0.1, 0.15) is 26.1 Å². The first-order valence-electron chi connectivity index (χ1n) is 6.08. The molecule has 6 heteroatoms. The maximum atomic E-state index is 11.5. The number of anilines is 1. The summed E-state index contributed by atoms with van der Waals surface area (Å²) >= 11 is 3.37. The highest BCUT2D eigenvalue weighted by atomic mass is 79.9. The fourth-order valence-electron chi connectivity index (χ4n) is 1.53. The monoisotopic (exact) mass is 314 g/mol. The number of hydrogen-bond acceptors (Lipinski definition) is 4. The van der Waals surface area contributed by atoms with Crippen molar-refractivity contribution in [1.29, 1.82) is 0 Å². The normalized spacial score (nSPS) is 10.2. The minimum atomic E-state index is -0.00761. The van der Waals surface area contributed by atoms with Gasteiger partial charge in [-0.1, -0.05) is 6.92 Å². The highest BCUT2D eigenvalue weighted by Gasteiger charge is 2.10. The van der Waals surface area contributed by atoms with Gasteiger partial charge in [0.05, 0.1) is 6.54 Å². The van der Waals surface area contributed by atoms with E-state index in [9.17, 15) is 4.79 Å². The highest BCUT2D eigenvalue weighted by Crippen LogP contribution is 2.16. The molecule has 100 valence electrons. The van der Waals surface area contributed by atoms with Crippen LogP contribution in [0.4, 0.5) is 5.82 Å². The van der Waals surface area contributed by atoms with Crippen LogP contribution in [-0.4, -0.2) is 36.0 Å². The fraction of sp³-hybridized carbons (Fsp3) is 0.583. The molecule has 1 aromatic rings. The van der Waals surface area contributed by atoms with E-state index < -0.39 is 0 Å². The molecule has 0 saturated carbocycles. The molecule has 0 fully saturated rings. The zero-order chi connectivity index (χ0) is 13.5. The van der Waals surface area contributed by atoms with E-state index in [1.54, 1.807) is 0 Å². The van der Waals surface area contributed by atoms with Gasteiger partial charge >= 0.3 is 0 Å². The lowest BCUT2D eigenvalue weighted by Gasteiger charge is -2.18. The maximum Gasteiger partial charge on any atom is 0.239 e. The van der Waals surface area contributed by atoms with Gasteiger partial charge in [-0.2, -0.15) is 0 Å². The van der Waals surface area contributed by atoms with Gasteiger partial charge in [-0.3, -0.25) is 4.79 Å². The number of likely N-dealkylation sites (N-methyl/N-ethyl adjacent to an activating group) is 2. The van der Waals surface area contributed by atoms with Crippen molar-refractivity contribution in [2.45, 2.75) is 26.7 Å². The van der Waals surface area contributed by atoms with E-state index in [2.05, 4.69) is 38.1 Å². The third kappa shape index (κ3) is 4.60. The zero-order valence-electron chi connectivity index (χ0n) is 11.0. The Morgan fingerprint density at radius 2 is 2.17 bits per heavy atom. The second kappa shape index (κ2) is 7.31. The Balaban J connectivity index is 2.78. The average molecular weight is 315 g/mol. The Bertz CT molecular complexity index is 411. The van der Waals surface area contributed by atoms with Gasteiger partial charge in [-0.25, -0.2) is 9.97 Å². The summed E-state index contributed by atoms with van der Waals surface area (Å²) in [5, 5.41) is 2.76. The lowest BCUT2D eigenvalue weighted by atomic mass is 10.3. The van der Waals surface area contributed by atoms with E-state index in [1.807, 2.05) is 24.9 Å². The van der Waals surface area contributed by atoms with Crippen molar-refractivity contribution in [3.8, 4) is 0 Å². The summed E-state index contributed by atoms with van der Waals surface area (Å²) in [6.45, 7) is 4.92. The first-order chi connectivity index (χ1) is 8.56. The molecule has 5 nitrogen and oxygen atoms in total. The van der Waals surface area contributed by atoms with Gasteiger partial charge in [0, 0.05) is 26.1 Å². The zero-order valence-corrected chi connectivity index (χ0v) is 12.6. The quantitative estimate of drug-likeness (QED) is 0.813. The molecule has 0 aliphatic rings. The Morgan fingerprint density at radius 1 is 1.44 bits per heavy atom. The molecule has 0 radical (unpaired) electrons. The minimum Gasteiger partial charge on any atom is -0.355 e. The van der Waals surface area contributed by atoms with E-state index in [0.717, 1.165) is 29.1 Å². The largest absolute Gasteiger partial charge is 0.355 e. The molecule has 0 aromatic carbocycles. The van der Waals surface area contributed by atoms with Gasteiger partial charge in [-0.15, -0.1) is 0 Å². The summed E-state index contributed by atoms with van der Waals surface area (Å²) in [7, 11) is 1.85. The van der Waals surface area contributed by atoms with E-state index in [4.69, 9.17) is 0 Å². The van der Waals surface area contributed by atoms with Crippen LogP contribution >= 0.6 is 15.9 Å². The topological polar surface area (TPSA) is 58.1 Å². The number of amides is 1. The molecular formula is C12H19BrN4O. The lowest BCUT2D eigenvalue weighted by Crippen LogP contribution is -2.35. The van der Waals surface area contributed by atoms with Crippen LogP contribution in [0.15, 0.2) is 10.7 Å². The van der Waals surface area contributed by atoms with Gasteiger partial charge < -0.3 is 10.2 Å². The minimum absolute atomic E-state index is 0.00761. The third-order valence-corrected chi connectivity index (χ3v) is 2.75. The van der Waals surface area contributed by atoms with Gasteiger partial charge in [-0.05, 0) is 29.3 Å². The van der Waals surface area contributed by atoms with Crippen molar-refractivity contribution in [2.75, 3.05) is 25.0 Å². The summed E-state index contributed by atoms with van der Waals surface area (Å²) in [4.78, 5) is 22.1. The number of halogens is 1.